The van der Waals surface area contributed by atoms with Gasteiger partial charge in [0.2, 0.25) is 0 Å². The van der Waals surface area contributed by atoms with Gasteiger partial charge in [0.15, 0.2) is 16.7 Å². The summed E-state index contributed by atoms with van der Waals surface area (Å²) in [6.07, 6.45) is 1.79. The molecule has 190 valence electrons. The Morgan fingerprint density at radius 1 is 1.14 bits per heavy atom. The monoisotopic (exact) mass is 580 g/mol. The summed E-state index contributed by atoms with van der Waals surface area (Å²) in [6, 6.07) is 18.0. The number of hydrogen-bond acceptors (Lipinski definition) is 6. The molecule has 0 atom stereocenters. The van der Waals surface area contributed by atoms with Crippen LogP contribution in [0.1, 0.15) is 34.0 Å². The largest absolute Gasteiger partial charge is 0.493 e. The summed E-state index contributed by atoms with van der Waals surface area (Å²) in [5.74, 6) is -0.0252. The van der Waals surface area contributed by atoms with Crippen molar-refractivity contribution in [1.82, 2.24) is 4.90 Å². The van der Waals surface area contributed by atoms with Gasteiger partial charge in [0.05, 0.1) is 27.7 Å². The van der Waals surface area contributed by atoms with E-state index in [-0.39, 0.29) is 11.5 Å². The Balaban J connectivity index is 1.57. The summed E-state index contributed by atoms with van der Waals surface area (Å²) >= 11 is 4.85. The van der Waals surface area contributed by atoms with E-state index in [0.717, 1.165) is 11.1 Å². The van der Waals surface area contributed by atoms with Crippen LogP contribution >= 0.6 is 27.7 Å². The fraction of sp³-hybridized carbons (Fsp3) is 0.179. The third kappa shape index (κ3) is 6.23. The lowest BCUT2D eigenvalue weighted by molar-refractivity contribution is -0.122. The predicted molar refractivity (Wildman–Crippen MR) is 150 cm³/mol. The number of amidine groups is 1. The lowest BCUT2D eigenvalue weighted by Crippen LogP contribution is -2.28. The van der Waals surface area contributed by atoms with Crippen molar-refractivity contribution in [2.24, 2.45) is 4.99 Å². The minimum Gasteiger partial charge on any atom is -0.493 e. The van der Waals surface area contributed by atoms with Gasteiger partial charge in [-0.15, -0.1) is 0 Å². The molecule has 0 aromatic heterocycles. The van der Waals surface area contributed by atoms with Crippen LogP contribution in [0.25, 0.3) is 6.08 Å². The maximum Gasteiger partial charge on any atom is 0.335 e. The number of ether oxygens (including phenoxy) is 2. The highest BCUT2D eigenvalue weighted by atomic mass is 79.9. The third-order valence-electron chi connectivity index (χ3n) is 5.60. The van der Waals surface area contributed by atoms with Crippen LogP contribution in [0.15, 0.2) is 75.0 Å². The molecule has 3 aromatic carbocycles. The molecular formula is C28H25BrN2O5S. The molecule has 1 aliphatic rings. The number of aryl methyl sites for hydroxylation is 1. The molecule has 1 amide bonds. The minimum absolute atomic E-state index is 0.150. The maximum absolute atomic E-state index is 13.1. The Morgan fingerprint density at radius 2 is 1.84 bits per heavy atom. The van der Waals surface area contributed by atoms with Gasteiger partial charge in [-0.05, 0) is 95.1 Å². The fourth-order valence-corrected chi connectivity index (χ4v) is 5.25. The Hall–Kier alpha value is -3.56. The van der Waals surface area contributed by atoms with E-state index in [0.29, 0.717) is 44.9 Å². The number of carboxylic acid groups (broad SMARTS) is 1. The van der Waals surface area contributed by atoms with Crippen LogP contribution in [0.2, 0.25) is 0 Å². The normalized spacial score (nSPS) is 15.5. The highest BCUT2D eigenvalue weighted by Crippen LogP contribution is 2.40. The highest BCUT2D eigenvalue weighted by Gasteiger charge is 2.32. The second kappa shape index (κ2) is 11.7. The summed E-state index contributed by atoms with van der Waals surface area (Å²) in [4.78, 5) is 30.9. The van der Waals surface area contributed by atoms with E-state index in [1.807, 2.05) is 50.2 Å². The van der Waals surface area contributed by atoms with E-state index < -0.39 is 5.97 Å². The average Bonchev–Trinajstić information content (AvgIpc) is 3.17. The minimum atomic E-state index is -1.00. The first-order chi connectivity index (χ1) is 17.8. The van der Waals surface area contributed by atoms with Crippen LogP contribution in [0.5, 0.6) is 11.5 Å². The number of methoxy groups -OCH3 is 1. The van der Waals surface area contributed by atoms with Crippen LogP contribution in [0.4, 0.5) is 5.69 Å². The molecule has 0 saturated carbocycles. The number of carbonyl (C=O) groups excluding carboxylic acids is 1. The Morgan fingerprint density at radius 3 is 2.46 bits per heavy atom. The number of halogens is 1. The molecular weight excluding hydrogens is 556 g/mol. The number of thioether (sulfide) groups is 1. The van der Waals surface area contributed by atoms with E-state index in [1.165, 1.54) is 29.5 Å². The zero-order valence-electron chi connectivity index (χ0n) is 20.5. The Kier molecular flexibility index (Phi) is 8.35. The zero-order chi connectivity index (χ0) is 26.5. The van der Waals surface area contributed by atoms with Crippen molar-refractivity contribution in [3.8, 4) is 11.5 Å². The van der Waals surface area contributed by atoms with Crippen LogP contribution < -0.4 is 9.47 Å². The zero-order valence-corrected chi connectivity index (χ0v) is 22.9. The summed E-state index contributed by atoms with van der Waals surface area (Å²) in [5, 5.41) is 9.63. The van der Waals surface area contributed by atoms with Gasteiger partial charge in [0, 0.05) is 6.54 Å². The number of aromatic carboxylic acids is 1. The summed E-state index contributed by atoms with van der Waals surface area (Å²) in [5.41, 5.74) is 3.75. The molecule has 1 N–H and O–H groups in total. The maximum atomic E-state index is 13.1. The number of carboxylic acids is 1. The van der Waals surface area contributed by atoms with E-state index >= 15 is 0 Å². The number of nitrogens with zero attached hydrogens (tertiary/aromatic N) is 2. The second-order valence-corrected chi connectivity index (χ2v) is 10.1. The molecule has 0 unspecified atom stereocenters. The van der Waals surface area contributed by atoms with Gasteiger partial charge >= 0.3 is 5.97 Å². The van der Waals surface area contributed by atoms with Crippen molar-refractivity contribution in [2.45, 2.75) is 20.5 Å². The molecule has 1 saturated heterocycles. The Labute approximate surface area is 227 Å². The van der Waals surface area contributed by atoms with E-state index in [9.17, 15) is 9.59 Å². The SMILES string of the molecule is CCN1C(=O)/C(=C/c2cc(Br)c(OCc3ccc(C)cc3)c(OC)c2)SC1=Nc1ccc(C(=O)O)cc1. The molecule has 3 aromatic rings. The summed E-state index contributed by atoms with van der Waals surface area (Å²) < 4.78 is 12.3. The number of hydrogen-bond donors (Lipinski definition) is 1. The smallest absolute Gasteiger partial charge is 0.335 e. The number of rotatable bonds is 8. The second-order valence-electron chi connectivity index (χ2n) is 8.21. The first-order valence-electron chi connectivity index (χ1n) is 11.5. The van der Waals surface area contributed by atoms with Crippen molar-refractivity contribution in [3.63, 3.8) is 0 Å². The molecule has 1 fully saturated rings. The van der Waals surface area contributed by atoms with Crippen molar-refractivity contribution >= 4 is 56.5 Å². The van der Waals surface area contributed by atoms with E-state index in [4.69, 9.17) is 14.6 Å². The third-order valence-corrected chi connectivity index (χ3v) is 7.19. The number of amides is 1. The van der Waals surface area contributed by atoms with Gasteiger partial charge in [-0.2, -0.15) is 0 Å². The predicted octanol–water partition coefficient (Wildman–Crippen LogP) is 6.67. The molecule has 7 nitrogen and oxygen atoms in total. The van der Waals surface area contributed by atoms with Crippen LogP contribution in [-0.2, 0) is 11.4 Å². The molecule has 9 heteroatoms. The lowest BCUT2D eigenvalue weighted by Gasteiger charge is -2.14. The van der Waals surface area contributed by atoms with Crippen molar-refractivity contribution < 1.29 is 24.2 Å². The Bertz CT molecular complexity index is 1380. The van der Waals surface area contributed by atoms with Gasteiger partial charge < -0.3 is 14.6 Å². The number of aliphatic imine (C=N–C) groups is 1. The molecule has 37 heavy (non-hydrogen) atoms. The number of carbonyl (C=O) groups is 2. The summed E-state index contributed by atoms with van der Waals surface area (Å²) in [7, 11) is 1.58. The number of benzene rings is 3. The molecule has 0 radical (unpaired) electrons. The quantitative estimate of drug-likeness (QED) is 0.299. The van der Waals surface area contributed by atoms with Gasteiger partial charge in [0.25, 0.3) is 5.91 Å². The van der Waals surface area contributed by atoms with Crippen LogP contribution in [-0.4, -0.2) is 40.7 Å². The van der Waals surface area contributed by atoms with Crippen LogP contribution in [0.3, 0.4) is 0 Å². The van der Waals surface area contributed by atoms with Crippen molar-refractivity contribution in [2.75, 3.05) is 13.7 Å². The molecule has 1 aliphatic heterocycles. The molecule has 0 bridgehead atoms. The molecule has 4 rings (SSSR count). The van der Waals surface area contributed by atoms with E-state index in [1.54, 1.807) is 30.2 Å². The topological polar surface area (TPSA) is 88.4 Å². The van der Waals surface area contributed by atoms with Crippen molar-refractivity contribution in [1.29, 1.82) is 0 Å². The van der Waals surface area contributed by atoms with Gasteiger partial charge in [-0.25, -0.2) is 9.79 Å². The molecule has 0 aliphatic carbocycles. The van der Waals surface area contributed by atoms with Crippen molar-refractivity contribution in [3.05, 3.63) is 92.3 Å². The van der Waals surface area contributed by atoms with E-state index in [2.05, 4.69) is 20.9 Å². The van der Waals surface area contributed by atoms with Gasteiger partial charge in [-0.3, -0.25) is 9.69 Å². The first-order valence-corrected chi connectivity index (χ1v) is 13.1. The lowest BCUT2D eigenvalue weighted by atomic mass is 10.1. The fourth-order valence-electron chi connectivity index (χ4n) is 3.61. The van der Waals surface area contributed by atoms with Gasteiger partial charge in [-0.1, -0.05) is 29.8 Å². The number of likely N-dealkylation sites (N-methyl/N-ethyl adjacent to an activating group) is 1. The first kappa shape index (κ1) is 26.5. The van der Waals surface area contributed by atoms with Gasteiger partial charge in [0.1, 0.15) is 6.61 Å². The molecule has 0 spiro atoms. The highest BCUT2D eigenvalue weighted by molar-refractivity contribution is 9.10. The summed E-state index contributed by atoms with van der Waals surface area (Å²) in [6.45, 7) is 4.76. The average molecular weight is 581 g/mol. The molecule has 1 heterocycles. The standard InChI is InChI=1S/C28H25BrN2O5S/c1-4-31-26(32)24(37-28(31)30-21-11-9-20(10-12-21)27(33)34)15-19-13-22(29)25(23(14-19)35-3)36-16-18-7-5-17(2)6-8-18/h5-15H,4,16H2,1-3H3,(H,33,34)/b24-15-,30-28?. The van der Waals surface area contributed by atoms with Crippen LogP contribution in [0, 0.1) is 6.92 Å².